The first kappa shape index (κ1) is 14.9. The number of carbonyl (C=O) groups is 2. The molecule has 21 heavy (non-hydrogen) atoms. The quantitative estimate of drug-likeness (QED) is 0.616. The highest BCUT2D eigenvalue weighted by Crippen LogP contribution is 2.21. The molecule has 1 amide bonds. The summed E-state index contributed by atoms with van der Waals surface area (Å²) in [5.41, 5.74) is 0.426. The number of benzene rings is 1. The zero-order valence-electron chi connectivity index (χ0n) is 11.4. The summed E-state index contributed by atoms with van der Waals surface area (Å²) in [5, 5.41) is 23.0. The van der Waals surface area contributed by atoms with Gasteiger partial charge >= 0.3 is 5.97 Å². The molecule has 2 N–H and O–H groups in total. The number of amides is 1. The van der Waals surface area contributed by atoms with Crippen LogP contribution in [0.25, 0.3) is 0 Å². The van der Waals surface area contributed by atoms with E-state index < -0.39 is 22.8 Å². The molecule has 0 spiro atoms. The van der Waals surface area contributed by atoms with Gasteiger partial charge in [-0.2, -0.15) is 0 Å². The summed E-state index contributed by atoms with van der Waals surface area (Å²) in [6, 6.07) is 3.19. The highest BCUT2D eigenvalue weighted by Gasteiger charge is 2.33. The number of hydrogen-bond acceptors (Lipinski definition) is 5. The summed E-state index contributed by atoms with van der Waals surface area (Å²) < 4.78 is 0. The van der Waals surface area contributed by atoms with E-state index >= 15 is 0 Å². The third-order valence-corrected chi connectivity index (χ3v) is 3.44. The molecule has 8 nitrogen and oxygen atoms in total. The van der Waals surface area contributed by atoms with Crippen molar-refractivity contribution in [2.24, 2.45) is 0 Å². The lowest BCUT2D eigenvalue weighted by Crippen LogP contribution is -2.56. The summed E-state index contributed by atoms with van der Waals surface area (Å²) in [4.78, 5) is 35.2. The van der Waals surface area contributed by atoms with Crippen molar-refractivity contribution >= 4 is 17.6 Å². The number of nitro benzene ring substituents is 1. The minimum atomic E-state index is -1.10. The minimum Gasteiger partial charge on any atom is -0.480 e. The fourth-order valence-electron chi connectivity index (χ4n) is 2.27. The number of nitrogens with zero attached hydrogens (tertiary/aromatic N) is 2. The number of rotatable bonds is 3. The maximum Gasteiger partial charge on any atom is 0.327 e. The van der Waals surface area contributed by atoms with Gasteiger partial charge in [-0.3, -0.25) is 14.9 Å². The third kappa shape index (κ3) is 3.00. The lowest BCUT2D eigenvalue weighted by molar-refractivity contribution is -0.385. The van der Waals surface area contributed by atoms with Crippen LogP contribution in [-0.2, 0) is 4.79 Å². The molecule has 0 saturated carbocycles. The number of nitrogens with one attached hydrogen (secondary N) is 1. The van der Waals surface area contributed by atoms with E-state index in [1.807, 2.05) is 0 Å². The van der Waals surface area contributed by atoms with Crippen LogP contribution in [0.15, 0.2) is 18.2 Å². The molecule has 1 unspecified atom stereocenters. The Bertz CT molecular complexity index is 601. The van der Waals surface area contributed by atoms with Crippen LogP contribution in [0.5, 0.6) is 0 Å². The van der Waals surface area contributed by atoms with Gasteiger partial charge in [0.1, 0.15) is 6.04 Å². The topological polar surface area (TPSA) is 113 Å². The second kappa shape index (κ2) is 5.88. The monoisotopic (exact) mass is 293 g/mol. The molecular formula is C13H15N3O5. The third-order valence-electron chi connectivity index (χ3n) is 3.44. The van der Waals surface area contributed by atoms with Gasteiger partial charge < -0.3 is 15.3 Å². The Morgan fingerprint density at radius 1 is 1.48 bits per heavy atom. The Balaban J connectivity index is 2.32. The maximum absolute atomic E-state index is 12.4. The van der Waals surface area contributed by atoms with Crippen molar-refractivity contribution in [3.63, 3.8) is 0 Å². The SMILES string of the molecule is Cc1ccc(C(=O)N2CCNCC2C(=O)O)cc1[N+](=O)[O-]. The number of nitro groups is 1. The van der Waals surface area contributed by atoms with Gasteiger partial charge in [-0.1, -0.05) is 6.07 Å². The van der Waals surface area contributed by atoms with Gasteiger partial charge in [0.15, 0.2) is 0 Å². The molecule has 1 aliphatic heterocycles. The summed E-state index contributed by atoms with van der Waals surface area (Å²) in [7, 11) is 0. The predicted octanol–water partition coefficient (Wildman–Crippen LogP) is 0.402. The predicted molar refractivity (Wildman–Crippen MR) is 73.2 cm³/mol. The van der Waals surface area contributed by atoms with Crippen LogP contribution in [-0.4, -0.2) is 52.5 Å². The van der Waals surface area contributed by atoms with E-state index in [1.165, 1.54) is 23.1 Å². The molecule has 1 aromatic rings. The number of hydrogen-bond donors (Lipinski definition) is 2. The summed E-state index contributed by atoms with van der Waals surface area (Å²) in [5.74, 6) is -1.61. The molecule has 1 fully saturated rings. The van der Waals surface area contributed by atoms with E-state index in [1.54, 1.807) is 6.92 Å². The Morgan fingerprint density at radius 3 is 2.81 bits per heavy atom. The van der Waals surface area contributed by atoms with Gasteiger partial charge in [0.2, 0.25) is 0 Å². The van der Waals surface area contributed by atoms with Gasteiger partial charge in [0.25, 0.3) is 11.6 Å². The van der Waals surface area contributed by atoms with Gasteiger partial charge in [0.05, 0.1) is 4.92 Å². The van der Waals surface area contributed by atoms with Gasteiger partial charge in [-0.25, -0.2) is 4.79 Å². The lowest BCUT2D eigenvalue weighted by Gasteiger charge is -2.33. The Kier molecular flexibility index (Phi) is 4.18. The molecule has 0 bridgehead atoms. The Hall–Kier alpha value is -2.48. The number of carboxylic acids is 1. The van der Waals surface area contributed by atoms with Crippen molar-refractivity contribution < 1.29 is 19.6 Å². The molecule has 1 aromatic carbocycles. The second-order valence-corrected chi connectivity index (χ2v) is 4.82. The smallest absolute Gasteiger partial charge is 0.327 e. The fourth-order valence-corrected chi connectivity index (χ4v) is 2.27. The molecule has 1 aliphatic rings. The van der Waals surface area contributed by atoms with Crippen molar-refractivity contribution in [1.82, 2.24) is 10.2 Å². The van der Waals surface area contributed by atoms with E-state index in [4.69, 9.17) is 5.11 Å². The number of carboxylic acid groups (broad SMARTS) is 1. The van der Waals surface area contributed by atoms with Crippen molar-refractivity contribution in [2.75, 3.05) is 19.6 Å². The second-order valence-electron chi connectivity index (χ2n) is 4.82. The highest BCUT2D eigenvalue weighted by molar-refractivity contribution is 5.97. The minimum absolute atomic E-state index is 0.125. The zero-order valence-corrected chi connectivity index (χ0v) is 11.4. The average Bonchev–Trinajstić information content (AvgIpc) is 2.46. The highest BCUT2D eigenvalue weighted by atomic mass is 16.6. The van der Waals surface area contributed by atoms with E-state index in [9.17, 15) is 19.7 Å². The molecule has 0 aromatic heterocycles. The van der Waals surface area contributed by atoms with Crippen molar-refractivity contribution in [3.8, 4) is 0 Å². The maximum atomic E-state index is 12.4. The fraction of sp³-hybridized carbons (Fsp3) is 0.385. The molecule has 1 heterocycles. The zero-order chi connectivity index (χ0) is 15.6. The number of carbonyl (C=O) groups excluding carboxylic acids is 1. The van der Waals surface area contributed by atoms with E-state index in [2.05, 4.69) is 5.32 Å². The number of aryl methyl sites for hydroxylation is 1. The molecule has 0 radical (unpaired) electrons. The van der Waals surface area contributed by atoms with Gasteiger partial charge in [-0.15, -0.1) is 0 Å². The normalized spacial score (nSPS) is 18.3. The van der Waals surface area contributed by atoms with Gasteiger partial charge in [0, 0.05) is 36.8 Å². The van der Waals surface area contributed by atoms with Crippen LogP contribution >= 0.6 is 0 Å². The number of piperazine rings is 1. The van der Waals surface area contributed by atoms with Gasteiger partial charge in [-0.05, 0) is 13.0 Å². The first-order valence-corrected chi connectivity index (χ1v) is 6.41. The molecule has 112 valence electrons. The molecule has 8 heteroatoms. The first-order valence-electron chi connectivity index (χ1n) is 6.41. The molecule has 1 saturated heterocycles. The van der Waals surface area contributed by atoms with Crippen LogP contribution in [0.3, 0.4) is 0 Å². The Labute approximate surface area is 120 Å². The van der Waals surface area contributed by atoms with Crippen LogP contribution in [0, 0.1) is 17.0 Å². The van der Waals surface area contributed by atoms with E-state index in [-0.39, 0.29) is 24.3 Å². The van der Waals surface area contributed by atoms with Crippen LogP contribution in [0.4, 0.5) is 5.69 Å². The average molecular weight is 293 g/mol. The van der Waals surface area contributed by atoms with Crippen LogP contribution < -0.4 is 5.32 Å². The largest absolute Gasteiger partial charge is 0.480 e. The standard InChI is InChI=1S/C13H15N3O5/c1-8-2-3-9(6-10(8)16(20)21)12(17)15-5-4-14-7-11(15)13(18)19/h2-3,6,11,14H,4-5,7H2,1H3,(H,18,19). The van der Waals surface area contributed by atoms with Crippen molar-refractivity contribution in [1.29, 1.82) is 0 Å². The van der Waals surface area contributed by atoms with Crippen LogP contribution in [0.1, 0.15) is 15.9 Å². The molecule has 1 atom stereocenters. The van der Waals surface area contributed by atoms with E-state index in [0.717, 1.165) is 0 Å². The summed E-state index contributed by atoms with van der Waals surface area (Å²) >= 11 is 0. The first-order chi connectivity index (χ1) is 9.91. The van der Waals surface area contributed by atoms with Crippen LogP contribution in [0.2, 0.25) is 0 Å². The molecule has 2 rings (SSSR count). The molecular weight excluding hydrogens is 278 g/mol. The van der Waals surface area contributed by atoms with Crippen molar-refractivity contribution in [2.45, 2.75) is 13.0 Å². The summed E-state index contributed by atoms with van der Waals surface area (Å²) in [6.07, 6.45) is 0. The van der Waals surface area contributed by atoms with E-state index in [0.29, 0.717) is 12.1 Å². The summed E-state index contributed by atoms with van der Waals surface area (Å²) in [6.45, 7) is 2.48. The number of aliphatic carboxylic acids is 1. The lowest BCUT2D eigenvalue weighted by atomic mass is 10.1. The molecule has 0 aliphatic carbocycles. The van der Waals surface area contributed by atoms with Crippen molar-refractivity contribution in [3.05, 3.63) is 39.4 Å². The Morgan fingerprint density at radius 2 is 2.19 bits per heavy atom.